The number of methoxy groups -OCH3 is 1. The molecule has 1 aromatic rings. The average molecular weight is 408 g/mol. The van der Waals surface area contributed by atoms with Crippen molar-refractivity contribution in [3.05, 3.63) is 34.3 Å². The van der Waals surface area contributed by atoms with Crippen LogP contribution in [-0.2, 0) is 19.7 Å². The predicted octanol–water partition coefficient (Wildman–Crippen LogP) is 2.01. The zero-order chi connectivity index (χ0) is 16.0. The van der Waals surface area contributed by atoms with Crippen LogP contribution in [0, 0.1) is 0 Å². The molecule has 130 valence electrons. The number of nitrogens with one attached hydrogen (secondary N) is 1. The van der Waals surface area contributed by atoms with E-state index in [2.05, 4.69) is 33.4 Å². The first-order valence-electron chi connectivity index (χ1n) is 7.43. The molecule has 2 rings (SSSR count). The van der Waals surface area contributed by atoms with E-state index in [1.54, 1.807) is 0 Å². The van der Waals surface area contributed by atoms with Crippen molar-refractivity contribution in [1.82, 2.24) is 5.32 Å². The van der Waals surface area contributed by atoms with Crippen LogP contribution in [0.3, 0.4) is 0 Å². The summed E-state index contributed by atoms with van der Waals surface area (Å²) in [5, 5.41) is 2.98. The van der Waals surface area contributed by atoms with Gasteiger partial charge in [0, 0.05) is 36.8 Å². The Balaban J connectivity index is 0.00000264. The van der Waals surface area contributed by atoms with Crippen molar-refractivity contribution in [3.63, 3.8) is 0 Å². The van der Waals surface area contributed by atoms with Crippen molar-refractivity contribution in [2.45, 2.75) is 24.3 Å². The van der Waals surface area contributed by atoms with Gasteiger partial charge in [-0.05, 0) is 30.5 Å². The second kappa shape index (κ2) is 9.59. The van der Waals surface area contributed by atoms with E-state index in [9.17, 15) is 4.79 Å². The van der Waals surface area contributed by atoms with Gasteiger partial charge < -0.3 is 20.5 Å². The first-order valence-corrected chi connectivity index (χ1v) is 8.23. The number of nitrogens with two attached hydrogens (primary N) is 1. The van der Waals surface area contributed by atoms with Gasteiger partial charge >= 0.3 is 0 Å². The van der Waals surface area contributed by atoms with Gasteiger partial charge in [0.2, 0.25) is 5.91 Å². The molecule has 1 unspecified atom stereocenters. The van der Waals surface area contributed by atoms with Gasteiger partial charge in [0.25, 0.3) is 0 Å². The molecule has 1 amide bonds. The molecule has 0 saturated carbocycles. The zero-order valence-corrected chi connectivity index (χ0v) is 15.6. The summed E-state index contributed by atoms with van der Waals surface area (Å²) in [6.45, 7) is 2.18. The largest absolute Gasteiger partial charge is 0.383 e. The van der Waals surface area contributed by atoms with Crippen molar-refractivity contribution in [3.8, 4) is 0 Å². The molecular weight excluding hydrogens is 384 g/mol. The van der Waals surface area contributed by atoms with Crippen LogP contribution in [-0.4, -0.2) is 45.4 Å². The number of rotatable bonds is 6. The molecule has 1 fully saturated rings. The molecule has 1 saturated heterocycles. The minimum Gasteiger partial charge on any atom is -0.383 e. The van der Waals surface area contributed by atoms with E-state index in [1.807, 2.05) is 12.1 Å². The Bertz CT molecular complexity index is 510. The molecule has 3 N–H and O–H groups in total. The first-order chi connectivity index (χ1) is 10.6. The molecule has 0 spiro atoms. The van der Waals surface area contributed by atoms with Crippen LogP contribution in [0.4, 0.5) is 0 Å². The van der Waals surface area contributed by atoms with Crippen molar-refractivity contribution in [1.29, 1.82) is 0 Å². The molecule has 1 aromatic carbocycles. The van der Waals surface area contributed by atoms with Gasteiger partial charge in [-0.2, -0.15) is 0 Å². The molecule has 5 nitrogen and oxygen atoms in total. The van der Waals surface area contributed by atoms with E-state index in [4.69, 9.17) is 15.2 Å². The monoisotopic (exact) mass is 406 g/mol. The van der Waals surface area contributed by atoms with E-state index in [-0.39, 0.29) is 30.3 Å². The van der Waals surface area contributed by atoms with E-state index < -0.39 is 6.04 Å². The van der Waals surface area contributed by atoms with Crippen LogP contribution in [0.25, 0.3) is 0 Å². The number of amides is 1. The number of hydrogen-bond acceptors (Lipinski definition) is 4. The third kappa shape index (κ3) is 5.43. The summed E-state index contributed by atoms with van der Waals surface area (Å²) in [4.78, 5) is 12.1. The van der Waals surface area contributed by atoms with Crippen molar-refractivity contribution in [2.24, 2.45) is 5.73 Å². The number of carbonyl (C=O) groups is 1. The van der Waals surface area contributed by atoms with Gasteiger partial charge in [0.05, 0.1) is 6.61 Å². The molecule has 1 aliphatic rings. The smallest absolute Gasteiger partial charge is 0.239 e. The fourth-order valence-electron chi connectivity index (χ4n) is 2.79. The maximum absolute atomic E-state index is 12.1. The van der Waals surface area contributed by atoms with Gasteiger partial charge in [-0.3, -0.25) is 4.79 Å². The maximum Gasteiger partial charge on any atom is 0.239 e. The molecule has 0 radical (unpaired) electrons. The topological polar surface area (TPSA) is 73.6 Å². The van der Waals surface area contributed by atoms with Gasteiger partial charge in [0.15, 0.2) is 0 Å². The fraction of sp³-hybridized carbons (Fsp3) is 0.562. The number of carbonyl (C=O) groups excluding carboxylic acids is 1. The van der Waals surface area contributed by atoms with Crippen molar-refractivity contribution in [2.75, 3.05) is 33.5 Å². The van der Waals surface area contributed by atoms with Crippen LogP contribution in [0.2, 0.25) is 0 Å². The summed E-state index contributed by atoms with van der Waals surface area (Å²) in [6, 6.07) is 7.62. The summed E-state index contributed by atoms with van der Waals surface area (Å²) in [6.07, 6.45) is 1.76. The average Bonchev–Trinajstić information content (AvgIpc) is 2.53. The molecular formula is C16H24BrClN2O3. The van der Waals surface area contributed by atoms with Crippen molar-refractivity contribution < 1.29 is 14.3 Å². The lowest BCUT2D eigenvalue weighted by molar-refractivity contribution is -0.124. The number of hydrogen-bond donors (Lipinski definition) is 2. The SMILES string of the molecule is COCC(N)C(=O)NCC1(c2cccc(Br)c2)CCOCC1.Cl. The quantitative estimate of drug-likeness (QED) is 0.756. The summed E-state index contributed by atoms with van der Waals surface area (Å²) in [5.74, 6) is -0.178. The van der Waals surface area contributed by atoms with Crippen molar-refractivity contribution >= 4 is 34.2 Å². The normalized spacial score (nSPS) is 17.9. The Morgan fingerprint density at radius 1 is 1.48 bits per heavy atom. The van der Waals surface area contributed by atoms with Crippen LogP contribution in [0.1, 0.15) is 18.4 Å². The third-order valence-electron chi connectivity index (χ3n) is 4.17. The first kappa shape index (κ1) is 20.4. The highest BCUT2D eigenvalue weighted by Crippen LogP contribution is 2.35. The molecule has 0 aliphatic carbocycles. The highest BCUT2D eigenvalue weighted by atomic mass is 79.9. The lowest BCUT2D eigenvalue weighted by atomic mass is 9.74. The maximum atomic E-state index is 12.1. The minimum atomic E-state index is -0.635. The molecule has 7 heteroatoms. The van der Waals surface area contributed by atoms with Crippen LogP contribution >= 0.6 is 28.3 Å². The molecule has 1 aliphatic heterocycles. The highest BCUT2D eigenvalue weighted by molar-refractivity contribution is 9.10. The number of ether oxygens (including phenoxy) is 2. The summed E-state index contributed by atoms with van der Waals surface area (Å²) < 4.78 is 11.5. The standard InChI is InChI=1S/C16H23BrN2O3.ClH/c1-21-10-14(18)15(20)19-11-16(5-7-22-8-6-16)12-3-2-4-13(17)9-12;/h2-4,9,14H,5-8,10-11,18H2,1H3,(H,19,20);1H. The van der Waals surface area contributed by atoms with Crippen LogP contribution < -0.4 is 11.1 Å². The second-order valence-electron chi connectivity index (χ2n) is 5.68. The Labute approximate surface area is 151 Å². The Hall–Kier alpha value is -0.660. The molecule has 1 heterocycles. The lowest BCUT2D eigenvalue weighted by Crippen LogP contribution is -2.50. The summed E-state index contributed by atoms with van der Waals surface area (Å²) in [5.41, 5.74) is 6.89. The molecule has 0 bridgehead atoms. The second-order valence-corrected chi connectivity index (χ2v) is 6.60. The summed E-state index contributed by atoms with van der Waals surface area (Å²) in [7, 11) is 1.54. The van der Waals surface area contributed by atoms with Gasteiger partial charge in [-0.1, -0.05) is 28.1 Å². The predicted molar refractivity (Wildman–Crippen MR) is 96.0 cm³/mol. The molecule has 0 aromatic heterocycles. The lowest BCUT2D eigenvalue weighted by Gasteiger charge is -2.38. The van der Waals surface area contributed by atoms with E-state index in [0.717, 1.165) is 17.3 Å². The molecule has 23 heavy (non-hydrogen) atoms. The Morgan fingerprint density at radius 3 is 2.78 bits per heavy atom. The van der Waals surface area contributed by atoms with Crippen LogP contribution in [0.15, 0.2) is 28.7 Å². The third-order valence-corrected chi connectivity index (χ3v) is 4.66. The zero-order valence-electron chi connectivity index (χ0n) is 13.2. The minimum absolute atomic E-state index is 0. The van der Waals surface area contributed by atoms with Crippen LogP contribution in [0.5, 0.6) is 0 Å². The number of halogens is 2. The van der Waals surface area contributed by atoms with Gasteiger partial charge in [-0.15, -0.1) is 12.4 Å². The fourth-order valence-corrected chi connectivity index (χ4v) is 3.19. The number of benzene rings is 1. The van der Waals surface area contributed by atoms with Gasteiger partial charge in [0.1, 0.15) is 6.04 Å². The Morgan fingerprint density at radius 2 is 2.17 bits per heavy atom. The van der Waals surface area contributed by atoms with E-state index in [0.29, 0.717) is 19.8 Å². The highest BCUT2D eigenvalue weighted by Gasteiger charge is 2.35. The van der Waals surface area contributed by atoms with Gasteiger partial charge in [-0.25, -0.2) is 0 Å². The summed E-state index contributed by atoms with van der Waals surface area (Å²) >= 11 is 3.52. The van der Waals surface area contributed by atoms with E-state index in [1.165, 1.54) is 12.7 Å². The Kier molecular flexibility index (Phi) is 8.50. The molecule has 1 atom stereocenters. The van der Waals surface area contributed by atoms with E-state index >= 15 is 0 Å².